The minimum atomic E-state index is -0.0787. The van der Waals surface area contributed by atoms with Gasteiger partial charge in [-0.3, -0.25) is 4.98 Å². The molecule has 5 nitrogen and oxygen atoms in total. The molecule has 0 aliphatic carbocycles. The van der Waals surface area contributed by atoms with E-state index in [4.69, 9.17) is 0 Å². The predicted octanol–water partition coefficient (Wildman–Crippen LogP) is 4.36. The summed E-state index contributed by atoms with van der Waals surface area (Å²) in [5, 5.41) is 6.81. The lowest BCUT2D eigenvalue weighted by Crippen LogP contribution is -2.27. The first-order chi connectivity index (χ1) is 12.0. The molecule has 0 saturated heterocycles. The number of nitrogens with one attached hydrogen (secondary N) is 2. The molecule has 0 bridgehead atoms. The third-order valence-electron chi connectivity index (χ3n) is 3.48. The van der Waals surface area contributed by atoms with Crippen LogP contribution in [0, 0.1) is 0 Å². The minimum Gasteiger partial charge on any atom is -0.366 e. The summed E-state index contributed by atoms with van der Waals surface area (Å²) in [6.45, 7) is 7.02. The van der Waals surface area contributed by atoms with Crippen LogP contribution < -0.4 is 10.6 Å². The van der Waals surface area contributed by atoms with Crippen molar-refractivity contribution in [3.05, 3.63) is 66.5 Å². The maximum Gasteiger partial charge on any atom is 0.163 e. The molecule has 25 heavy (non-hydrogen) atoms. The Kier molecular flexibility index (Phi) is 4.93. The number of hydrogen-bond acceptors (Lipinski definition) is 5. The summed E-state index contributed by atoms with van der Waals surface area (Å²) in [6, 6.07) is 15.9. The van der Waals surface area contributed by atoms with Crippen LogP contribution in [0.3, 0.4) is 0 Å². The van der Waals surface area contributed by atoms with Gasteiger partial charge in [0.25, 0.3) is 0 Å². The van der Waals surface area contributed by atoms with Crippen molar-refractivity contribution in [3.63, 3.8) is 0 Å². The van der Waals surface area contributed by atoms with Crippen molar-refractivity contribution in [2.24, 2.45) is 0 Å². The summed E-state index contributed by atoms with van der Waals surface area (Å²) in [5.41, 5.74) is 2.07. The van der Waals surface area contributed by atoms with Gasteiger partial charge in [0.2, 0.25) is 0 Å². The Morgan fingerprint density at radius 1 is 0.880 bits per heavy atom. The second kappa shape index (κ2) is 7.30. The normalized spacial score (nSPS) is 11.2. The summed E-state index contributed by atoms with van der Waals surface area (Å²) in [6.07, 6.45) is 3.58. The molecule has 2 heterocycles. The molecule has 3 aromatic rings. The zero-order valence-corrected chi connectivity index (χ0v) is 14.8. The largest absolute Gasteiger partial charge is 0.366 e. The third-order valence-corrected chi connectivity index (χ3v) is 3.48. The van der Waals surface area contributed by atoms with Crippen LogP contribution in [0.15, 0.2) is 60.9 Å². The van der Waals surface area contributed by atoms with E-state index in [1.807, 2.05) is 48.5 Å². The lowest BCUT2D eigenvalue weighted by molar-refractivity contribution is 0.630. The molecule has 3 rings (SSSR count). The van der Waals surface area contributed by atoms with E-state index in [0.717, 1.165) is 22.8 Å². The van der Waals surface area contributed by atoms with E-state index in [9.17, 15) is 0 Å². The van der Waals surface area contributed by atoms with Crippen LogP contribution >= 0.6 is 0 Å². The van der Waals surface area contributed by atoms with E-state index in [1.54, 1.807) is 12.4 Å². The zero-order chi connectivity index (χ0) is 17.7. The number of hydrogen-bond donors (Lipinski definition) is 2. The van der Waals surface area contributed by atoms with Gasteiger partial charge in [0.15, 0.2) is 5.82 Å². The third kappa shape index (κ3) is 5.01. The fourth-order valence-electron chi connectivity index (χ4n) is 2.40. The molecule has 128 valence electrons. The highest BCUT2D eigenvalue weighted by Crippen LogP contribution is 2.22. The number of rotatable bonds is 5. The lowest BCUT2D eigenvalue weighted by Gasteiger charge is -2.22. The van der Waals surface area contributed by atoms with Crippen LogP contribution in [0.2, 0.25) is 0 Å². The van der Waals surface area contributed by atoms with Gasteiger partial charge in [-0.1, -0.05) is 30.3 Å². The summed E-state index contributed by atoms with van der Waals surface area (Å²) >= 11 is 0. The summed E-state index contributed by atoms with van der Waals surface area (Å²) < 4.78 is 0. The van der Waals surface area contributed by atoms with Gasteiger partial charge in [0.05, 0.1) is 0 Å². The Labute approximate surface area is 148 Å². The average molecular weight is 333 g/mol. The van der Waals surface area contributed by atoms with Crippen LogP contribution in [0.4, 0.5) is 11.6 Å². The first kappa shape index (κ1) is 16.9. The quantitative estimate of drug-likeness (QED) is 0.726. The molecule has 2 N–H and O–H groups in total. The highest BCUT2D eigenvalue weighted by Gasteiger charge is 2.13. The second-order valence-corrected chi connectivity index (χ2v) is 6.91. The smallest absolute Gasteiger partial charge is 0.163 e. The highest BCUT2D eigenvalue weighted by molar-refractivity contribution is 5.61. The summed E-state index contributed by atoms with van der Waals surface area (Å²) in [5.74, 6) is 2.29. The van der Waals surface area contributed by atoms with E-state index in [0.29, 0.717) is 12.4 Å². The SMILES string of the molecule is CC(C)(C)Nc1cc(NCc2ccncc2)nc(-c2ccccc2)n1. The van der Waals surface area contributed by atoms with Gasteiger partial charge in [-0.2, -0.15) is 0 Å². The molecule has 0 radical (unpaired) electrons. The first-order valence-electron chi connectivity index (χ1n) is 8.35. The molecule has 0 unspecified atom stereocenters. The van der Waals surface area contributed by atoms with E-state index < -0.39 is 0 Å². The van der Waals surface area contributed by atoms with Gasteiger partial charge in [-0.05, 0) is 38.5 Å². The maximum atomic E-state index is 4.67. The van der Waals surface area contributed by atoms with Crippen LogP contribution in [0.25, 0.3) is 11.4 Å². The fraction of sp³-hybridized carbons (Fsp3) is 0.250. The van der Waals surface area contributed by atoms with Gasteiger partial charge < -0.3 is 10.6 Å². The molecule has 0 spiro atoms. The number of nitrogens with zero attached hydrogens (tertiary/aromatic N) is 3. The molecule has 0 saturated carbocycles. The molecule has 0 aliphatic rings. The topological polar surface area (TPSA) is 62.7 Å². The molecule has 5 heteroatoms. The van der Waals surface area contributed by atoms with E-state index in [-0.39, 0.29) is 5.54 Å². The highest BCUT2D eigenvalue weighted by atomic mass is 15.1. The first-order valence-corrected chi connectivity index (χ1v) is 8.35. The Balaban J connectivity index is 1.89. The van der Waals surface area contributed by atoms with Crippen LogP contribution in [-0.2, 0) is 6.54 Å². The van der Waals surface area contributed by atoms with Crippen molar-refractivity contribution in [1.82, 2.24) is 15.0 Å². The minimum absolute atomic E-state index is 0.0787. The van der Waals surface area contributed by atoms with Gasteiger partial charge >= 0.3 is 0 Å². The monoisotopic (exact) mass is 333 g/mol. The molecular weight excluding hydrogens is 310 g/mol. The zero-order valence-electron chi connectivity index (χ0n) is 14.8. The summed E-state index contributed by atoms with van der Waals surface area (Å²) in [7, 11) is 0. The molecule has 2 aromatic heterocycles. The molecular formula is C20H23N5. The predicted molar refractivity (Wildman–Crippen MR) is 102 cm³/mol. The van der Waals surface area contributed by atoms with Gasteiger partial charge in [-0.25, -0.2) is 9.97 Å². The van der Waals surface area contributed by atoms with Crippen molar-refractivity contribution in [1.29, 1.82) is 0 Å². The van der Waals surface area contributed by atoms with Gasteiger partial charge in [0, 0.05) is 36.1 Å². The molecule has 1 aromatic carbocycles. The second-order valence-electron chi connectivity index (χ2n) is 6.91. The fourth-order valence-corrected chi connectivity index (χ4v) is 2.40. The van der Waals surface area contributed by atoms with Crippen molar-refractivity contribution in [2.45, 2.75) is 32.9 Å². The number of anilines is 2. The van der Waals surface area contributed by atoms with Gasteiger partial charge in [-0.15, -0.1) is 0 Å². The average Bonchev–Trinajstić information content (AvgIpc) is 2.60. The molecule has 0 atom stereocenters. The Morgan fingerprint density at radius 3 is 2.24 bits per heavy atom. The Morgan fingerprint density at radius 2 is 1.56 bits per heavy atom. The maximum absolute atomic E-state index is 4.67. The Hall–Kier alpha value is -2.95. The number of pyridine rings is 1. The molecule has 0 amide bonds. The van der Waals surface area contributed by atoms with Crippen molar-refractivity contribution in [2.75, 3.05) is 10.6 Å². The van der Waals surface area contributed by atoms with Crippen molar-refractivity contribution >= 4 is 11.6 Å². The van der Waals surface area contributed by atoms with E-state index in [1.165, 1.54) is 0 Å². The van der Waals surface area contributed by atoms with Gasteiger partial charge in [0.1, 0.15) is 11.6 Å². The Bertz CT molecular complexity index is 810. The van der Waals surface area contributed by atoms with Crippen LogP contribution in [0.5, 0.6) is 0 Å². The van der Waals surface area contributed by atoms with E-state index in [2.05, 4.69) is 46.4 Å². The lowest BCUT2D eigenvalue weighted by atomic mass is 10.1. The summed E-state index contributed by atoms with van der Waals surface area (Å²) in [4.78, 5) is 13.4. The van der Waals surface area contributed by atoms with E-state index >= 15 is 0 Å². The van der Waals surface area contributed by atoms with Crippen molar-refractivity contribution < 1.29 is 0 Å². The van der Waals surface area contributed by atoms with Crippen LogP contribution in [0.1, 0.15) is 26.3 Å². The van der Waals surface area contributed by atoms with Crippen molar-refractivity contribution in [3.8, 4) is 11.4 Å². The molecule has 0 fully saturated rings. The number of benzene rings is 1. The number of aromatic nitrogens is 3. The van der Waals surface area contributed by atoms with Crippen LogP contribution in [-0.4, -0.2) is 20.5 Å². The molecule has 0 aliphatic heterocycles. The standard InChI is InChI=1S/C20H23N5/c1-20(2,3)25-18-13-17(22-14-15-9-11-21-12-10-15)23-19(24-18)16-7-5-4-6-8-16/h4-13H,14H2,1-3H3,(H2,22,23,24,25).